The number of fused-ring (bicyclic) bond motifs is 3. The predicted molar refractivity (Wildman–Crippen MR) is 110 cm³/mol. The van der Waals surface area contributed by atoms with Gasteiger partial charge < -0.3 is 5.32 Å². The molecule has 0 saturated carbocycles. The molecule has 0 fully saturated rings. The van der Waals surface area contributed by atoms with Crippen molar-refractivity contribution in [3.8, 4) is 6.07 Å². The molecule has 0 spiro atoms. The monoisotopic (exact) mass is 387 g/mol. The number of benzene rings is 2. The Morgan fingerprint density at radius 1 is 1.18 bits per heavy atom. The first-order chi connectivity index (χ1) is 13.6. The van der Waals surface area contributed by atoms with Gasteiger partial charge in [0, 0.05) is 11.1 Å². The Morgan fingerprint density at radius 2 is 2.00 bits per heavy atom. The average molecular weight is 387 g/mol. The SMILES string of the molecule is Cc1cc2nnc(SC(C)C(=O)Nc3cccc(C#N)c3)n2c2ccccc12. The maximum Gasteiger partial charge on any atom is 0.237 e. The van der Waals surface area contributed by atoms with E-state index in [-0.39, 0.29) is 5.91 Å². The molecule has 2 aromatic heterocycles. The second kappa shape index (κ2) is 7.33. The van der Waals surface area contributed by atoms with E-state index < -0.39 is 5.25 Å². The van der Waals surface area contributed by atoms with Crippen LogP contribution in [0.5, 0.6) is 0 Å². The summed E-state index contributed by atoms with van der Waals surface area (Å²) in [7, 11) is 0. The van der Waals surface area contributed by atoms with E-state index in [2.05, 4.69) is 34.6 Å². The number of carbonyl (C=O) groups excluding carboxylic acids is 1. The minimum absolute atomic E-state index is 0.159. The predicted octanol–water partition coefficient (Wildman–Crippen LogP) is 4.18. The van der Waals surface area contributed by atoms with E-state index in [1.165, 1.54) is 11.8 Å². The van der Waals surface area contributed by atoms with Crippen LogP contribution in [-0.2, 0) is 4.79 Å². The first-order valence-corrected chi connectivity index (χ1v) is 9.66. The van der Waals surface area contributed by atoms with Crippen LogP contribution in [-0.4, -0.2) is 25.8 Å². The Balaban J connectivity index is 1.62. The number of nitriles is 1. The molecule has 2 heterocycles. The summed E-state index contributed by atoms with van der Waals surface area (Å²) in [6.07, 6.45) is 0. The fourth-order valence-electron chi connectivity index (χ4n) is 3.07. The van der Waals surface area contributed by atoms with E-state index in [4.69, 9.17) is 5.26 Å². The second-order valence-corrected chi connectivity index (χ2v) is 7.77. The number of nitrogens with one attached hydrogen (secondary N) is 1. The minimum Gasteiger partial charge on any atom is -0.325 e. The molecular weight excluding hydrogens is 370 g/mol. The molecule has 1 amide bonds. The average Bonchev–Trinajstić information content (AvgIpc) is 3.10. The summed E-state index contributed by atoms with van der Waals surface area (Å²) in [5.74, 6) is -0.159. The highest BCUT2D eigenvalue weighted by molar-refractivity contribution is 8.00. The van der Waals surface area contributed by atoms with E-state index in [1.807, 2.05) is 35.6 Å². The van der Waals surface area contributed by atoms with Gasteiger partial charge in [-0.15, -0.1) is 10.2 Å². The first-order valence-electron chi connectivity index (χ1n) is 8.78. The van der Waals surface area contributed by atoms with Crippen molar-refractivity contribution in [3.05, 3.63) is 65.7 Å². The first kappa shape index (κ1) is 18.0. The normalized spacial score (nSPS) is 12.0. The Morgan fingerprint density at radius 3 is 2.82 bits per heavy atom. The van der Waals surface area contributed by atoms with Crippen molar-refractivity contribution in [3.63, 3.8) is 0 Å². The van der Waals surface area contributed by atoms with Gasteiger partial charge in [0.1, 0.15) is 0 Å². The Hall–Kier alpha value is -3.37. The van der Waals surface area contributed by atoms with Crippen molar-refractivity contribution in [1.82, 2.24) is 14.6 Å². The third-order valence-electron chi connectivity index (χ3n) is 4.48. The number of hydrogen-bond acceptors (Lipinski definition) is 5. The fourth-order valence-corrected chi connectivity index (χ4v) is 3.94. The zero-order valence-corrected chi connectivity index (χ0v) is 16.2. The van der Waals surface area contributed by atoms with Gasteiger partial charge in [0.05, 0.1) is 22.4 Å². The third-order valence-corrected chi connectivity index (χ3v) is 5.53. The fraction of sp³-hybridized carbons (Fsp3) is 0.143. The zero-order valence-electron chi connectivity index (χ0n) is 15.4. The highest BCUT2D eigenvalue weighted by atomic mass is 32.2. The van der Waals surface area contributed by atoms with Crippen LogP contribution >= 0.6 is 11.8 Å². The largest absolute Gasteiger partial charge is 0.325 e. The highest BCUT2D eigenvalue weighted by Crippen LogP contribution is 2.28. The Labute approximate surface area is 166 Å². The van der Waals surface area contributed by atoms with E-state index >= 15 is 0 Å². The summed E-state index contributed by atoms with van der Waals surface area (Å²) >= 11 is 1.35. The lowest BCUT2D eigenvalue weighted by Gasteiger charge is -2.12. The lowest BCUT2D eigenvalue weighted by atomic mass is 10.1. The molecule has 0 aliphatic rings. The molecule has 28 heavy (non-hydrogen) atoms. The highest BCUT2D eigenvalue weighted by Gasteiger charge is 2.19. The lowest BCUT2D eigenvalue weighted by molar-refractivity contribution is -0.115. The smallest absolute Gasteiger partial charge is 0.237 e. The van der Waals surface area contributed by atoms with Crippen molar-refractivity contribution in [1.29, 1.82) is 5.26 Å². The Kier molecular flexibility index (Phi) is 4.72. The standard InChI is InChI=1S/C21H17N5OS/c1-13-10-19-24-25-21(26(19)18-9-4-3-8-17(13)18)28-14(2)20(27)23-16-7-5-6-15(11-16)12-22/h3-11,14H,1-2H3,(H,23,27). The van der Waals surface area contributed by atoms with Gasteiger partial charge in [-0.2, -0.15) is 5.26 Å². The molecule has 1 unspecified atom stereocenters. The summed E-state index contributed by atoms with van der Waals surface area (Å²) in [5, 5.41) is 21.8. The number of aromatic nitrogens is 3. The van der Waals surface area contributed by atoms with Crippen LogP contribution in [0.2, 0.25) is 0 Å². The van der Waals surface area contributed by atoms with Crippen LogP contribution in [0, 0.1) is 18.3 Å². The van der Waals surface area contributed by atoms with Gasteiger partial charge in [-0.1, -0.05) is 36.0 Å². The topological polar surface area (TPSA) is 83.1 Å². The number of hydrogen-bond donors (Lipinski definition) is 1. The number of nitrogens with zero attached hydrogens (tertiary/aromatic N) is 4. The molecule has 4 rings (SSSR count). The molecule has 7 heteroatoms. The summed E-state index contributed by atoms with van der Waals surface area (Å²) in [5.41, 5.74) is 4.01. The van der Waals surface area contributed by atoms with Gasteiger partial charge >= 0.3 is 0 Å². The van der Waals surface area contributed by atoms with E-state index in [1.54, 1.807) is 24.3 Å². The lowest BCUT2D eigenvalue weighted by Crippen LogP contribution is -2.22. The maximum atomic E-state index is 12.6. The number of aryl methyl sites for hydroxylation is 1. The number of rotatable bonds is 4. The van der Waals surface area contributed by atoms with Crippen LogP contribution in [0.1, 0.15) is 18.1 Å². The molecule has 6 nitrogen and oxygen atoms in total. The summed E-state index contributed by atoms with van der Waals surface area (Å²) < 4.78 is 1.98. The van der Waals surface area contributed by atoms with Crippen LogP contribution in [0.3, 0.4) is 0 Å². The molecule has 2 aromatic carbocycles. The molecular formula is C21H17N5OS. The number of amides is 1. The maximum absolute atomic E-state index is 12.6. The van der Waals surface area contributed by atoms with Crippen LogP contribution < -0.4 is 5.32 Å². The molecule has 4 aromatic rings. The van der Waals surface area contributed by atoms with Crippen molar-refractivity contribution in [2.75, 3.05) is 5.32 Å². The molecule has 0 radical (unpaired) electrons. The molecule has 138 valence electrons. The summed E-state index contributed by atoms with van der Waals surface area (Å²) in [6.45, 7) is 3.88. The molecule has 0 bridgehead atoms. The van der Waals surface area contributed by atoms with Crippen molar-refractivity contribution in [2.45, 2.75) is 24.3 Å². The minimum atomic E-state index is -0.391. The van der Waals surface area contributed by atoms with Gasteiger partial charge in [0.25, 0.3) is 0 Å². The number of carbonyl (C=O) groups is 1. The summed E-state index contributed by atoms with van der Waals surface area (Å²) in [4.78, 5) is 12.6. The van der Waals surface area contributed by atoms with Crippen molar-refractivity contribution in [2.24, 2.45) is 0 Å². The van der Waals surface area contributed by atoms with E-state index in [0.29, 0.717) is 16.4 Å². The van der Waals surface area contributed by atoms with Gasteiger partial charge in [0.2, 0.25) is 5.91 Å². The van der Waals surface area contributed by atoms with Crippen LogP contribution in [0.4, 0.5) is 5.69 Å². The molecule has 1 atom stereocenters. The number of anilines is 1. The number of para-hydroxylation sites is 1. The van der Waals surface area contributed by atoms with Gasteiger partial charge in [-0.05, 0) is 49.7 Å². The van der Waals surface area contributed by atoms with Crippen LogP contribution in [0.25, 0.3) is 16.6 Å². The number of pyridine rings is 1. The van der Waals surface area contributed by atoms with Gasteiger partial charge in [-0.25, -0.2) is 0 Å². The molecule has 0 aliphatic carbocycles. The molecule has 0 saturated heterocycles. The number of thioether (sulfide) groups is 1. The Bertz CT molecular complexity index is 1240. The van der Waals surface area contributed by atoms with Gasteiger partial charge in [-0.3, -0.25) is 9.20 Å². The quantitative estimate of drug-likeness (QED) is 0.531. The van der Waals surface area contributed by atoms with E-state index in [9.17, 15) is 4.79 Å². The second-order valence-electron chi connectivity index (χ2n) is 6.46. The van der Waals surface area contributed by atoms with Crippen molar-refractivity contribution < 1.29 is 4.79 Å². The molecule has 1 N–H and O–H groups in total. The van der Waals surface area contributed by atoms with Gasteiger partial charge in [0.15, 0.2) is 10.8 Å². The van der Waals surface area contributed by atoms with E-state index in [0.717, 1.165) is 22.1 Å². The third kappa shape index (κ3) is 3.30. The van der Waals surface area contributed by atoms with Crippen molar-refractivity contribution >= 4 is 39.9 Å². The molecule has 0 aliphatic heterocycles. The summed E-state index contributed by atoms with van der Waals surface area (Å²) in [6, 6.07) is 19.0. The van der Waals surface area contributed by atoms with Crippen LogP contribution in [0.15, 0.2) is 59.8 Å². The zero-order chi connectivity index (χ0) is 19.7.